The molecule has 1 aliphatic carbocycles. The molecule has 42 heavy (non-hydrogen) atoms. The SMILES string of the molecule is COCCc1ccc(Cl)c(CN(C(=O)[C@H](Cc2ccc(OCCOc3c(Cl)cc(C)cc3Cl)cc2)[C@H](C)N)C2CC2)c1. The van der Waals surface area contributed by atoms with Crippen LogP contribution in [-0.4, -0.2) is 49.8 Å². The molecule has 6 nitrogen and oxygen atoms in total. The molecule has 3 aromatic rings. The van der Waals surface area contributed by atoms with Crippen LogP contribution in [0.5, 0.6) is 11.5 Å². The summed E-state index contributed by atoms with van der Waals surface area (Å²) in [6, 6.07) is 17.3. The van der Waals surface area contributed by atoms with Crippen LogP contribution < -0.4 is 15.2 Å². The molecule has 4 rings (SSSR count). The van der Waals surface area contributed by atoms with Gasteiger partial charge in [0.1, 0.15) is 19.0 Å². The van der Waals surface area contributed by atoms with Crippen LogP contribution in [0, 0.1) is 12.8 Å². The van der Waals surface area contributed by atoms with Crippen molar-refractivity contribution in [2.75, 3.05) is 26.9 Å². The zero-order valence-corrected chi connectivity index (χ0v) is 26.6. The van der Waals surface area contributed by atoms with Crippen molar-refractivity contribution in [1.82, 2.24) is 4.90 Å². The maximum atomic E-state index is 13.9. The number of carbonyl (C=O) groups excluding carboxylic acids is 1. The minimum atomic E-state index is -0.356. The zero-order chi connectivity index (χ0) is 30.2. The third-order valence-electron chi connectivity index (χ3n) is 7.39. The van der Waals surface area contributed by atoms with E-state index in [9.17, 15) is 4.79 Å². The van der Waals surface area contributed by atoms with E-state index in [1.165, 1.54) is 0 Å². The average molecular weight is 634 g/mol. The van der Waals surface area contributed by atoms with E-state index >= 15 is 0 Å². The molecule has 0 unspecified atom stereocenters. The van der Waals surface area contributed by atoms with E-state index < -0.39 is 0 Å². The number of nitrogens with zero attached hydrogens (tertiary/aromatic N) is 1. The number of hydrogen-bond donors (Lipinski definition) is 1. The maximum absolute atomic E-state index is 13.9. The Labute approximate surface area is 264 Å². The average Bonchev–Trinajstić information content (AvgIpc) is 3.79. The Kier molecular flexibility index (Phi) is 11.8. The summed E-state index contributed by atoms with van der Waals surface area (Å²) in [7, 11) is 1.69. The van der Waals surface area contributed by atoms with Gasteiger partial charge in [-0.15, -0.1) is 0 Å². The van der Waals surface area contributed by atoms with Gasteiger partial charge in [0.05, 0.1) is 22.6 Å². The highest BCUT2D eigenvalue weighted by Gasteiger charge is 2.37. The first-order valence-corrected chi connectivity index (χ1v) is 15.4. The number of nitrogens with two attached hydrogens (primary N) is 1. The van der Waals surface area contributed by atoms with E-state index in [0.29, 0.717) is 59.4 Å². The zero-order valence-electron chi connectivity index (χ0n) is 24.4. The standard InChI is InChI=1S/C33H39Cl3N2O4/c1-21-16-30(35)32(31(36)17-21)42-15-14-41-27-9-4-23(5-10-27)19-28(22(2)37)33(39)38(26-7-8-26)20-25-18-24(12-13-40-3)6-11-29(25)34/h4-6,9-11,16-18,22,26,28H,7-8,12-15,19-20,37H2,1-3H3/t22-,28+/m0/s1. The molecule has 0 spiro atoms. The van der Waals surface area contributed by atoms with Crippen LogP contribution in [0.3, 0.4) is 0 Å². The van der Waals surface area contributed by atoms with Crippen molar-refractivity contribution in [3.63, 3.8) is 0 Å². The lowest BCUT2D eigenvalue weighted by molar-refractivity contribution is -0.137. The number of ether oxygens (including phenoxy) is 3. The first kappa shape index (κ1) is 32.4. The van der Waals surface area contributed by atoms with E-state index in [2.05, 4.69) is 6.07 Å². The summed E-state index contributed by atoms with van der Waals surface area (Å²) >= 11 is 19.1. The largest absolute Gasteiger partial charge is 0.490 e. The molecular formula is C33H39Cl3N2O4. The van der Waals surface area contributed by atoms with Crippen molar-refractivity contribution < 1.29 is 19.0 Å². The Morgan fingerprint density at radius 2 is 1.57 bits per heavy atom. The van der Waals surface area contributed by atoms with Gasteiger partial charge in [-0.05, 0) is 92.1 Å². The molecule has 0 saturated heterocycles. The van der Waals surface area contributed by atoms with Crippen LogP contribution in [-0.2, 0) is 28.9 Å². The van der Waals surface area contributed by atoms with E-state index in [1.54, 1.807) is 7.11 Å². The maximum Gasteiger partial charge on any atom is 0.228 e. The highest BCUT2D eigenvalue weighted by molar-refractivity contribution is 6.37. The van der Waals surface area contributed by atoms with Gasteiger partial charge < -0.3 is 24.8 Å². The fourth-order valence-electron chi connectivity index (χ4n) is 4.90. The van der Waals surface area contributed by atoms with Crippen LogP contribution >= 0.6 is 34.8 Å². The second kappa shape index (κ2) is 15.3. The summed E-state index contributed by atoms with van der Waals surface area (Å²) < 4.78 is 16.8. The summed E-state index contributed by atoms with van der Waals surface area (Å²) in [5.41, 5.74) is 10.5. The molecule has 0 aliphatic heterocycles. The molecule has 3 aromatic carbocycles. The van der Waals surface area contributed by atoms with Crippen molar-refractivity contribution in [1.29, 1.82) is 0 Å². The second-order valence-electron chi connectivity index (χ2n) is 10.9. The molecule has 0 heterocycles. The number of hydrogen-bond acceptors (Lipinski definition) is 5. The third-order valence-corrected chi connectivity index (χ3v) is 8.32. The van der Waals surface area contributed by atoms with Gasteiger partial charge in [0.25, 0.3) is 0 Å². The Morgan fingerprint density at radius 1 is 0.929 bits per heavy atom. The number of methoxy groups -OCH3 is 1. The van der Waals surface area contributed by atoms with Gasteiger partial charge in [-0.2, -0.15) is 0 Å². The van der Waals surface area contributed by atoms with Crippen LogP contribution in [0.25, 0.3) is 0 Å². The van der Waals surface area contributed by atoms with Gasteiger partial charge in [-0.1, -0.05) is 59.1 Å². The molecule has 1 saturated carbocycles. The number of carbonyl (C=O) groups is 1. The van der Waals surface area contributed by atoms with E-state index in [0.717, 1.165) is 41.5 Å². The summed E-state index contributed by atoms with van der Waals surface area (Å²) in [6.07, 6.45) is 3.32. The first-order chi connectivity index (χ1) is 20.2. The molecule has 1 fully saturated rings. The summed E-state index contributed by atoms with van der Waals surface area (Å²) in [5, 5.41) is 1.61. The monoisotopic (exact) mass is 632 g/mol. The van der Waals surface area contributed by atoms with Gasteiger partial charge in [0.2, 0.25) is 5.91 Å². The number of amides is 1. The Bertz CT molecular complexity index is 1320. The topological polar surface area (TPSA) is 74.0 Å². The van der Waals surface area contributed by atoms with Crippen molar-refractivity contribution in [3.05, 3.63) is 91.9 Å². The minimum Gasteiger partial charge on any atom is -0.490 e. The van der Waals surface area contributed by atoms with Crippen molar-refractivity contribution in [2.24, 2.45) is 11.7 Å². The molecule has 0 radical (unpaired) electrons. The molecule has 9 heteroatoms. The lowest BCUT2D eigenvalue weighted by Crippen LogP contribution is -2.44. The van der Waals surface area contributed by atoms with E-state index in [-0.39, 0.29) is 23.9 Å². The lowest BCUT2D eigenvalue weighted by atomic mass is 9.91. The van der Waals surface area contributed by atoms with Crippen LogP contribution in [0.1, 0.15) is 42.0 Å². The van der Waals surface area contributed by atoms with Crippen molar-refractivity contribution >= 4 is 40.7 Å². The smallest absolute Gasteiger partial charge is 0.228 e. The first-order valence-electron chi connectivity index (χ1n) is 14.3. The van der Waals surface area contributed by atoms with Crippen LogP contribution in [0.15, 0.2) is 54.6 Å². The number of halogens is 3. The molecule has 226 valence electrons. The summed E-state index contributed by atoms with van der Waals surface area (Å²) in [5.74, 6) is 0.868. The van der Waals surface area contributed by atoms with Crippen molar-refractivity contribution in [3.8, 4) is 11.5 Å². The Hall–Kier alpha value is -2.48. The van der Waals surface area contributed by atoms with Crippen LogP contribution in [0.4, 0.5) is 0 Å². The lowest BCUT2D eigenvalue weighted by Gasteiger charge is -2.30. The molecule has 1 amide bonds. The normalized spacial score (nSPS) is 14.4. The van der Waals surface area contributed by atoms with Gasteiger partial charge in [0, 0.05) is 30.8 Å². The Balaban J connectivity index is 1.35. The van der Waals surface area contributed by atoms with Gasteiger partial charge >= 0.3 is 0 Å². The molecule has 0 aromatic heterocycles. The van der Waals surface area contributed by atoms with Crippen LogP contribution in [0.2, 0.25) is 15.1 Å². The molecular weight excluding hydrogens is 595 g/mol. The number of aryl methyl sites for hydroxylation is 1. The minimum absolute atomic E-state index is 0.0664. The number of benzene rings is 3. The fourth-order valence-corrected chi connectivity index (χ4v) is 5.78. The second-order valence-corrected chi connectivity index (χ2v) is 12.2. The molecule has 2 N–H and O–H groups in total. The van der Waals surface area contributed by atoms with Gasteiger partial charge in [0.15, 0.2) is 5.75 Å². The highest BCUT2D eigenvalue weighted by Crippen LogP contribution is 2.34. The van der Waals surface area contributed by atoms with E-state index in [4.69, 9.17) is 54.7 Å². The fraction of sp³-hybridized carbons (Fsp3) is 0.424. The summed E-state index contributed by atoms with van der Waals surface area (Å²) in [4.78, 5) is 15.9. The molecule has 2 atom stereocenters. The van der Waals surface area contributed by atoms with Gasteiger partial charge in [-0.3, -0.25) is 4.79 Å². The summed E-state index contributed by atoms with van der Waals surface area (Å²) in [6.45, 7) is 5.54. The van der Waals surface area contributed by atoms with E-state index in [1.807, 2.05) is 67.3 Å². The predicted octanol–water partition coefficient (Wildman–Crippen LogP) is 7.30. The quantitative estimate of drug-likeness (QED) is 0.178. The van der Waals surface area contributed by atoms with Gasteiger partial charge in [-0.25, -0.2) is 0 Å². The van der Waals surface area contributed by atoms with Crippen molar-refractivity contribution in [2.45, 2.75) is 58.2 Å². The molecule has 1 aliphatic rings. The Morgan fingerprint density at radius 3 is 2.19 bits per heavy atom. The number of rotatable bonds is 15. The molecule has 0 bridgehead atoms. The predicted molar refractivity (Wildman–Crippen MR) is 170 cm³/mol. The highest BCUT2D eigenvalue weighted by atomic mass is 35.5. The third kappa shape index (κ3) is 9.01.